The van der Waals surface area contributed by atoms with Gasteiger partial charge in [0.2, 0.25) is 0 Å². The monoisotopic (exact) mass is 315 g/mol. The summed E-state index contributed by atoms with van der Waals surface area (Å²) in [5, 5.41) is 3.37. The van der Waals surface area contributed by atoms with E-state index >= 15 is 0 Å². The lowest BCUT2D eigenvalue weighted by molar-refractivity contribution is 0.366. The Labute approximate surface area is 121 Å². The summed E-state index contributed by atoms with van der Waals surface area (Å²) in [5.74, 6) is 3.30. The SMILES string of the molecule is C#CCOc1ccccc1CNc1ccccc1Br. The number of rotatable bonds is 5. The van der Waals surface area contributed by atoms with Gasteiger partial charge in [0.05, 0.1) is 0 Å². The largest absolute Gasteiger partial charge is 0.481 e. The van der Waals surface area contributed by atoms with E-state index in [9.17, 15) is 0 Å². The first kappa shape index (κ1) is 13.5. The summed E-state index contributed by atoms with van der Waals surface area (Å²) in [5.41, 5.74) is 2.13. The molecular formula is C16H14BrNO. The Morgan fingerprint density at radius 3 is 2.63 bits per heavy atom. The summed E-state index contributed by atoms with van der Waals surface area (Å²) in [6.45, 7) is 0.968. The molecule has 0 radical (unpaired) electrons. The number of hydrogen-bond donors (Lipinski definition) is 1. The molecule has 1 N–H and O–H groups in total. The zero-order chi connectivity index (χ0) is 13.5. The topological polar surface area (TPSA) is 21.3 Å². The van der Waals surface area contributed by atoms with Crippen LogP contribution in [0.15, 0.2) is 53.0 Å². The predicted molar refractivity (Wildman–Crippen MR) is 82.2 cm³/mol. The van der Waals surface area contributed by atoms with Crippen molar-refractivity contribution < 1.29 is 4.74 Å². The highest BCUT2D eigenvalue weighted by molar-refractivity contribution is 9.10. The molecule has 0 amide bonds. The molecule has 0 saturated heterocycles. The fraction of sp³-hybridized carbons (Fsp3) is 0.125. The Morgan fingerprint density at radius 2 is 1.84 bits per heavy atom. The molecule has 0 fully saturated rings. The summed E-state index contributed by atoms with van der Waals surface area (Å²) in [6, 6.07) is 15.9. The molecule has 0 aliphatic heterocycles. The molecule has 0 heterocycles. The third-order valence-corrected chi connectivity index (χ3v) is 3.32. The van der Waals surface area contributed by atoms with Crippen molar-refractivity contribution in [3.05, 3.63) is 58.6 Å². The maximum atomic E-state index is 5.52. The molecule has 19 heavy (non-hydrogen) atoms. The van der Waals surface area contributed by atoms with Gasteiger partial charge in [-0.2, -0.15) is 0 Å². The van der Waals surface area contributed by atoms with Crippen LogP contribution in [0.3, 0.4) is 0 Å². The van der Waals surface area contributed by atoms with Crippen LogP contribution in [0.2, 0.25) is 0 Å². The maximum absolute atomic E-state index is 5.52. The predicted octanol–water partition coefficient (Wildman–Crippen LogP) is 4.07. The van der Waals surface area contributed by atoms with Crippen LogP contribution < -0.4 is 10.1 Å². The molecule has 2 aromatic carbocycles. The van der Waals surface area contributed by atoms with Crippen LogP contribution in [0.5, 0.6) is 5.75 Å². The molecule has 0 bridgehead atoms. The van der Waals surface area contributed by atoms with E-state index in [2.05, 4.69) is 27.2 Å². The number of terminal acetylenes is 1. The van der Waals surface area contributed by atoms with Crippen LogP contribution in [0.25, 0.3) is 0 Å². The minimum absolute atomic E-state index is 0.284. The maximum Gasteiger partial charge on any atom is 0.148 e. The molecule has 2 rings (SSSR count). The van der Waals surface area contributed by atoms with E-state index in [1.807, 2.05) is 48.5 Å². The highest BCUT2D eigenvalue weighted by atomic mass is 79.9. The van der Waals surface area contributed by atoms with Crippen molar-refractivity contribution in [1.29, 1.82) is 0 Å². The van der Waals surface area contributed by atoms with Crippen LogP contribution in [0, 0.1) is 12.3 Å². The number of nitrogens with one attached hydrogen (secondary N) is 1. The van der Waals surface area contributed by atoms with E-state index in [0.29, 0.717) is 6.54 Å². The zero-order valence-corrected chi connectivity index (χ0v) is 12.0. The van der Waals surface area contributed by atoms with E-state index < -0.39 is 0 Å². The van der Waals surface area contributed by atoms with E-state index in [-0.39, 0.29) is 6.61 Å². The van der Waals surface area contributed by atoms with Crippen molar-refractivity contribution in [1.82, 2.24) is 0 Å². The summed E-state index contributed by atoms with van der Waals surface area (Å²) < 4.78 is 6.56. The summed E-state index contributed by atoms with van der Waals surface area (Å²) in [4.78, 5) is 0. The van der Waals surface area contributed by atoms with Crippen molar-refractivity contribution in [3.63, 3.8) is 0 Å². The number of ether oxygens (including phenoxy) is 1. The number of anilines is 1. The fourth-order valence-electron chi connectivity index (χ4n) is 1.71. The molecular weight excluding hydrogens is 302 g/mol. The van der Waals surface area contributed by atoms with Crippen molar-refractivity contribution in [3.8, 4) is 18.1 Å². The van der Waals surface area contributed by atoms with Gasteiger partial charge in [0.25, 0.3) is 0 Å². The molecule has 0 unspecified atom stereocenters. The minimum Gasteiger partial charge on any atom is -0.481 e. The van der Waals surface area contributed by atoms with E-state index in [1.165, 1.54) is 0 Å². The van der Waals surface area contributed by atoms with Crippen molar-refractivity contribution in [2.75, 3.05) is 11.9 Å². The van der Waals surface area contributed by atoms with Gasteiger partial charge in [0.15, 0.2) is 0 Å². The van der Waals surface area contributed by atoms with E-state index in [1.54, 1.807) is 0 Å². The Hall–Kier alpha value is -1.92. The Balaban J connectivity index is 2.07. The second-order valence-electron chi connectivity index (χ2n) is 3.93. The van der Waals surface area contributed by atoms with Crippen LogP contribution in [-0.4, -0.2) is 6.61 Å². The Morgan fingerprint density at radius 1 is 1.11 bits per heavy atom. The second kappa shape index (κ2) is 6.86. The lowest BCUT2D eigenvalue weighted by atomic mass is 10.2. The molecule has 2 aromatic rings. The molecule has 0 aliphatic carbocycles. The van der Waals surface area contributed by atoms with Crippen LogP contribution in [0.1, 0.15) is 5.56 Å². The van der Waals surface area contributed by atoms with Gasteiger partial charge in [0, 0.05) is 22.3 Å². The number of para-hydroxylation sites is 2. The summed E-state index contributed by atoms with van der Waals surface area (Å²) >= 11 is 3.51. The Bertz CT molecular complexity index is 589. The third-order valence-electron chi connectivity index (χ3n) is 2.63. The van der Waals surface area contributed by atoms with Crippen molar-refractivity contribution >= 4 is 21.6 Å². The van der Waals surface area contributed by atoms with Gasteiger partial charge in [-0.25, -0.2) is 0 Å². The van der Waals surface area contributed by atoms with Crippen LogP contribution in [-0.2, 0) is 6.54 Å². The Kier molecular flexibility index (Phi) is 4.88. The standard InChI is InChI=1S/C16H14BrNO/c1-2-11-19-16-10-6-3-7-13(16)12-18-15-9-5-4-8-14(15)17/h1,3-10,18H,11-12H2. The lowest BCUT2D eigenvalue weighted by Crippen LogP contribution is -2.03. The average molecular weight is 316 g/mol. The van der Waals surface area contributed by atoms with Crippen LogP contribution >= 0.6 is 15.9 Å². The molecule has 3 heteroatoms. The third kappa shape index (κ3) is 3.77. The lowest BCUT2D eigenvalue weighted by Gasteiger charge is -2.12. The highest BCUT2D eigenvalue weighted by Gasteiger charge is 2.03. The number of hydrogen-bond acceptors (Lipinski definition) is 2. The van der Waals surface area contributed by atoms with Gasteiger partial charge in [0.1, 0.15) is 12.4 Å². The first-order chi connectivity index (χ1) is 9.31. The number of halogens is 1. The normalized spacial score (nSPS) is 9.68. The first-order valence-corrected chi connectivity index (χ1v) is 6.73. The molecule has 0 aliphatic rings. The average Bonchev–Trinajstić information content (AvgIpc) is 2.45. The van der Waals surface area contributed by atoms with E-state index in [0.717, 1.165) is 21.5 Å². The van der Waals surface area contributed by atoms with Gasteiger partial charge < -0.3 is 10.1 Å². The molecule has 2 nitrogen and oxygen atoms in total. The highest BCUT2D eigenvalue weighted by Crippen LogP contribution is 2.24. The fourth-order valence-corrected chi connectivity index (χ4v) is 2.13. The van der Waals surface area contributed by atoms with Gasteiger partial charge in [-0.05, 0) is 34.1 Å². The smallest absolute Gasteiger partial charge is 0.148 e. The van der Waals surface area contributed by atoms with Crippen molar-refractivity contribution in [2.45, 2.75) is 6.54 Å². The first-order valence-electron chi connectivity index (χ1n) is 5.94. The van der Waals surface area contributed by atoms with Gasteiger partial charge in [-0.1, -0.05) is 36.3 Å². The van der Waals surface area contributed by atoms with Crippen molar-refractivity contribution in [2.24, 2.45) is 0 Å². The van der Waals surface area contributed by atoms with Gasteiger partial charge >= 0.3 is 0 Å². The molecule has 96 valence electrons. The molecule has 0 aromatic heterocycles. The minimum atomic E-state index is 0.284. The van der Waals surface area contributed by atoms with Crippen LogP contribution in [0.4, 0.5) is 5.69 Å². The molecule has 0 spiro atoms. The van der Waals surface area contributed by atoms with Gasteiger partial charge in [-0.15, -0.1) is 6.42 Å². The number of benzene rings is 2. The second-order valence-corrected chi connectivity index (χ2v) is 4.79. The van der Waals surface area contributed by atoms with E-state index in [4.69, 9.17) is 11.2 Å². The molecule has 0 saturated carbocycles. The van der Waals surface area contributed by atoms with Gasteiger partial charge in [-0.3, -0.25) is 0 Å². The quantitative estimate of drug-likeness (QED) is 0.840. The zero-order valence-electron chi connectivity index (χ0n) is 10.4. The molecule has 0 atom stereocenters. The summed E-state index contributed by atoms with van der Waals surface area (Å²) in [7, 11) is 0. The summed E-state index contributed by atoms with van der Waals surface area (Å²) in [6.07, 6.45) is 5.21.